The van der Waals surface area contributed by atoms with Gasteiger partial charge in [-0.2, -0.15) is 0 Å². The van der Waals surface area contributed by atoms with Crippen molar-refractivity contribution in [2.45, 2.75) is 45.3 Å². The topological polar surface area (TPSA) is 60.5 Å². The van der Waals surface area contributed by atoms with Gasteiger partial charge in [-0.15, -0.1) is 0 Å². The van der Waals surface area contributed by atoms with Crippen molar-refractivity contribution in [3.8, 4) is 11.3 Å². The fourth-order valence-electron chi connectivity index (χ4n) is 4.72. The van der Waals surface area contributed by atoms with Gasteiger partial charge in [0, 0.05) is 48.6 Å². The Hall–Kier alpha value is -2.24. The van der Waals surface area contributed by atoms with Crippen LogP contribution in [0.2, 0.25) is 0 Å². The maximum Gasteiger partial charge on any atom is 0.251 e. The zero-order valence-corrected chi connectivity index (χ0v) is 16.6. The lowest BCUT2D eigenvalue weighted by Gasteiger charge is -2.57. The van der Waals surface area contributed by atoms with Crippen molar-refractivity contribution in [3.05, 3.63) is 53.7 Å². The number of carbonyl (C=O) groups excluding carboxylic acids is 1. The molecule has 1 saturated carbocycles. The smallest absolute Gasteiger partial charge is 0.251 e. The molecule has 148 valence electrons. The fraction of sp³-hybridized carbons (Fsp3) is 0.478. The predicted molar refractivity (Wildman–Crippen MR) is 108 cm³/mol. The van der Waals surface area contributed by atoms with Crippen molar-refractivity contribution < 1.29 is 14.3 Å². The Balaban J connectivity index is 1.54. The average molecular weight is 380 g/mol. The van der Waals surface area contributed by atoms with Gasteiger partial charge in [-0.3, -0.25) is 9.78 Å². The molecule has 1 aromatic heterocycles. The van der Waals surface area contributed by atoms with Gasteiger partial charge in [0.25, 0.3) is 5.91 Å². The Morgan fingerprint density at radius 3 is 2.79 bits per heavy atom. The van der Waals surface area contributed by atoms with E-state index in [0.29, 0.717) is 12.2 Å². The molecule has 5 nitrogen and oxygen atoms in total. The fourth-order valence-corrected chi connectivity index (χ4v) is 4.72. The van der Waals surface area contributed by atoms with Crippen LogP contribution >= 0.6 is 0 Å². The van der Waals surface area contributed by atoms with E-state index in [1.54, 1.807) is 6.20 Å². The zero-order valence-electron chi connectivity index (χ0n) is 16.6. The van der Waals surface area contributed by atoms with Crippen molar-refractivity contribution in [1.29, 1.82) is 0 Å². The van der Waals surface area contributed by atoms with E-state index in [2.05, 4.69) is 10.3 Å². The highest BCUT2D eigenvalue weighted by Crippen LogP contribution is 2.50. The second kappa shape index (κ2) is 8.02. The lowest BCUT2D eigenvalue weighted by atomic mass is 9.57. The van der Waals surface area contributed by atoms with Crippen LogP contribution < -0.4 is 5.32 Å². The van der Waals surface area contributed by atoms with Crippen LogP contribution in [0, 0.1) is 12.3 Å². The summed E-state index contributed by atoms with van der Waals surface area (Å²) in [6.07, 6.45) is 4.75. The first kappa shape index (κ1) is 19.1. The second-order valence-electron chi connectivity index (χ2n) is 7.74. The minimum Gasteiger partial charge on any atom is -0.381 e. The number of rotatable bonds is 5. The maximum absolute atomic E-state index is 13.1. The summed E-state index contributed by atoms with van der Waals surface area (Å²) in [5.41, 5.74) is 3.56. The van der Waals surface area contributed by atoms with Gasteiger partial charge in [-0.1, -0.05) is 18.2 Å². The molecule has 2 heterocycles. The minimum absolute atomic E-state index is 0.0103. The van der Waals surface area contributed by atoms with Gasteiger partial charge < -0.3 is 14.8 Å². The average Bonchev–Trinajstić information content (AvgIpc) is 2.74. The Bertz CT molecular complexity index is 831. The van der Waals surface area contributed by atoms with E-state index in [1.807, 2.05) is 50.2 Å². The summed E-state index contributed by atoms with van der Waals surface area (Å²) in [6, 6.07) is 11.8. The van der Waals surface area contributed by atoms with Crippen LogP contribution in [0.4, 0.5) is 0 Å². The van der Waals surface area contributed by atoms with Crippen LogP contribution in [0.25, 0.3) is 11.3 Å². The molecule has 2 aromatic rings. The molecule has 2 atom stereocenters. The SMILES string of the molecule is CCO[C@H]1C[C@@H](NC(=O)c2cccc(-c3ccccn3)c2C)C12CCOCC2. The molecule has 1 aliphatic heterocycles. The molecule has 1 N–H and O–H groups in total. The van der Waals surface area contributed by atoms with E-state index >= 15 is 0 Å². The number of amides is 1. The first-order valence-electron chi connectivity index (χ1n) is 10.2. The number of carbonyl (C=O) groups is 1. The molecule has 1 spiro atoms. The summed E-state index contributed by atoms with van der Waals surface area (Å²) < 4.78 is 11.5. The van der Waals surface area contributed by atoms with Crippen LogP contribution in [0.5, 0.6) is 0 Å². The van der Waals surface area contributed by atoms with Gasteiger partial charge >= 0.3 is 0 Å². The van der Waals surface area contributed by atoms with Crippen LogP contribution in [0.15, 0.2) is 42.6 Å². The summed E-state index contributed by atoms with van der Waals surface area (Å²) in [4.78, 5) is 17.6. The largest absolute Gasteiger partial charge is 0.381 e. The van der Waals surface area contributed by atoms with Crippen molar-refractivity contribution in [1.82, 2.24) is 10.3 Å². The van der Waals surface area contributed by atoms with Crippen LogP contribution in [0.1, 0.15) is 42.1 Å². The first-order chi connectivity index (χ1) is 13.7. The van der Waals surface area contributed by atoms with Gasteiger partial charge in [0.2, 0.25) is 0 Å². The third-order valence-corrected chi connectivity index (χ3v) is 6.40. The molecule has 1 saturated heterocycles. The molecule has 5 heteroatoms. The summed E-state index contributed by atoms with van der Waals surface area (Å²) in [5.74, 6) is -0.0129. The third kappa shape index (κ3) is 3.33. The van der Waals surface area contributed by atoms with Crippen molar-refractivity contribution in [2.75, 3.05) is 19.8 Å². The van der Waals surface area contributed by atoms with E-state index in [4.69, 9.17) is 9.47 Å². The van der Waals surface area contributed by atoms with Crippen LogP contribution in [0.3, 0.4) is 0 Å². The predicted octanol–water partition coefficient (Wildman–Crippen LogP) is 3.76. The lowest BCUT2D eigenvalue weighted by molar-refractivity contribution is -0.170. The molecule has 1 aliphatic carbocycles. The van der Waals surface area contributed by atoms with E-state index in [9.17, 15) is 4.79 Å². The van der Waals surface area contributed by atoms with E-state index < -0.39 is 0 Å². The summed E-state index contributed by atoms with van der Waals surface area (Å²) in [5, 5.41) is 3.31. The number of hydrogen-bond donors (Lipinski definition) is 1. The molecule has 1 amide bonds. The molecule has 28 heavy (non-hydrogen) atoms. The second-order valence-corrected chi connectivity index (χ2v) is 7.74. The number of pyridine rings is 1. The summed E-state index contributed by atoms with van der Waals surface area (Å²) in [7, 11) is 0. The van der Waals surface area contributed by atoms with Gasteiger partial charge in [0.15, 0.2) is 0 Å². The molecule has 2 fully saturated rings. The summed E-state index contributed by atoms with van der Waals surface area (Å²) in [6.45, 7) is 6.21. The Morgan fingerprint density at radius 2 is 2.07 bits per heavy atom. The third-order valence-electron chi connectivity index (χ3n) is 6.40. The molecule has 0 bridgehead atoms. The van der Waals surface area contributed by atoms with E-state index in [1.165, 1.54) is 0 Å². The van der Waals surface area contributed by atoms with Gasteiger partial charge in [-0.25, -0.2) is 0 Å². The first-order valence-corrected chi connectivity index (χ1v) is 10.2. The highest BCUT2D eigenvalue weighted by molar-refractivity contribution is 5.97. The Morgan fingerprint density at radius 1 is 1.25 bits per heavy atom. The number of nitrogens with zero attached hydrogens (tertiary/aromatic N) is 1. The normalized spacial score (nSPS) is 23.2. The summed E-state index contributed by atoms with van der Waals surface area (Å²) >= 11 is 0. The van der Waals surface area contributed by atoms with E-state index in [0.717, 1.165) is 49.3 Å². The van der Waals surface area contributed by atoms with Crippen molar-refractivity contribution in [3.63, 3.8) is 0 Å². The van der Waals surface area contributed by atoms with Crippen LogP contribution in [-0.2, 0) is 9.47 Å². The molecular weight excluding hydrogens is 352 g/mol. The van der Waals surface area contributed by atoms with Crippen molar-refractivity contribution >= 4 is 5.91 Å². The van der Waals surface area contributed by atoms with E-state index in [-0.39, 0.29) is 23.5 Å². The number of aromatic nitrogens is 1. The molecule has 4 rings (SSSR count). The van der Waals surface area contributed by atoms with Gasteiger partial charge in [-0.05, 0) is 56.9 Å². The number of ether oxygens (including phenoxy) is 2. The molecule has 0 radical (unpaired) electrons. The molecular formula is C23H28N2O3. The lowest BCUT2D eigenvalue weighted by Crippen LogP contribution is -2.66. The number of hydrogen-bond acceptors (Lipinski definition) is 4. The molecule has 1 aromatic carbocycles. The Labute approximate surface area is 166 Å². The van der Waals surface area contributed by atoms with Crippen LogP contribution in [-0.4, -0.2) is 42.9 Å². The molecule has 2 aliphatic rings. The number of nitrogens with one attached hydrogen (secondary N) is 1. The van der Waals surface area contributed by atoms with Gasteiger partial charge in [0.1, 0.15) is 0 Å². The standard InChI is InChI=1S/C23H28N2O3/c1-3-28-21-15-20(23(21)10-13-27-14-11-23)25-22(26)18-8-6-7-17(16(18)2)19-9-4-5-12-24-19/h4-9,12,20-21H,3,10-11,13-15H2,1-2H3,(H,25,26)/t20-,21+/m1/s1. The quantitative estimate of drug-likeness (QED) is 0.858. The monoisotopic (exact) mass is 380 g/mol. The van der Waals surface area contributed by atoms with Crippen molar-refractivity contribution in [2.24, 2.45) is 5.41 Å². The number of benzene rings is 1. The van der Waals surface area contributed by atoms with Gasteiger partial charge in [0.05, 0.1) is 11.8 Å². The Kier molecular flexibility index (Phi) is 5.47. The highest BCUT2D eigenvalue weighted by Gasteiger charge is 2.56. The minimum atomic E-state index is -0.0129. The highest BCUT2D eigenvalue weighted by atomic mass is 16.5. The zero-order chi connectivity index (χ0) is 19.6. The maximum atomic E-state index is 13.1. The molecule has 0 unspecified atom stereocenters.